The summed E-state index contributed by atoms with van der Waals surface area (Å²) in [5.74, 6) is 0.0153. The van der Waals surface area contributed by atoms with Crippen LogP contribution in [-0.4, -0.2) is 25.7 Å². The van der Waals surface area contributed by atoms with E-state index in [0.29, 0.717) is 19.4 Å². The molecule has 0 aliphatic carbocycles. The summed E-state index contributed by atoms with van der Waals surface area (Å²) in [4.78, 5) is 13.5. The van der Waals surface area contributed by atoms with E-state index in [0.717, 1.165) is 11.3 Å². The summed E-state index contributed by atoms with van der Waals surface area (Å²) < 4.78 is 36.2. The van der Waals surface area contributed by atoms with Crippen molar-refractivity contribution in [2.75, 3.05) is 18.5 Å². The fourth-order valence-electron chi connectivity index (χ4n) is 2.55. The van der Waals surface area contributed by atoms with Crippen LogP contribution in [0.5, 0.6) is 0 Å². The maximum atomic E-state index is 12.1. The Morgan fingerprint density at radius 2 is 2.00 bits per heavy atom. The molecule has 1 amide bonds. The van der Waals surface area contributed by atoms with Crippen LogP contribution in [0.25, 0.3) is 0 Å². The van der Waals surface area contributed by atoms with Crippen molar-refractivity contribution in [1.29, 1.82) is 0 Å². The zero-order valence-electron chi connectivity index (χ0n) is 11.9. The number of fused-ring (bicyclic) bond motifs is 1. The highest BCUT2D eigenvalue weighted by Gasteiger charge is 2.29. The molecule has 0 radical (unpaired) electrons. The van der Waals surface area contributed by atoms with E-state index >= 15 is 0 Å². The predicted molar refractivity (Wildman–Crippen MR) is 75.1 cm³/mol. The highest BCUT2D eigenvalue weighted by Crippen LogP contribution is 2.33. The Balaban J connectivity index is 1.89. The number of para-hydroxylation sites is 1. The van der Waals surface area contributed by atoms with Gasteiger partial charge in [0.25, 0.3) is 0 Å². The lowest BCUT2D eigenvalue weighted by Gasteiger charge is -2.32. The van der Waals surface area contributed by atoms with Crippen LogP contribution >= 0.6 is 0 Å². The van der Waals surface area contributed by atoms with Gasteiger partial charge in [0.1, 0.15) is 0 Å². The molecule has 0 bridgehead atoms. The molecule has 0 saturated heterocycles. The van der Waals surface area contributed by atoms with E-state index in [-0.39, 0.29) is 18.4 Å². The topological polar surface area (TPSA) is 32.3 Å². The normalized spacial score (nSPS) is 18.8. The van der Waals surface area contributed by atoms with E-state index in [1.54, 1.807) is 11.9 Å². The lowest BCUT2D eigenvalue weighted by atomic mass is 9.96. The second kappa shape index (κ2) is 6.47. The molecule has 1 aromatic carbocycles. The first-order valence-corrected chi connectivity index (χ1v) is 7.04. The quantitative estimate of drug-likeness (QED) is 0.845. The molecule has 6 heteroatoms. The zero-order chi connectivity index (χ0) is 15.5. The van der Waals surface area contributed by atoms with Gasteiger partial charge in [0.05, 0.1) is 0 Å². The number of carbonyl (C=O) groups is 1. The number of amides is 1. The highest BCUT2D eigenvalue weighted by atomic mass is 19.4. The van der Waals surface area contributed by atoms with Crippen LogP contribution in [0.3, 0.4) is 0 Å². The maximum absolute atomic E-state index is 12.1. The Hall–Kier alpha value is -1.56. The third-order valence-electron chi connectivity index (χ3n) is 3.70. The fraction of sp³-hybridized carbons (Fsp3) is 0.533. The van der Waals surface area contributed by atoms with Gasteiger partial charge in [-0.3, -0.25) is 4.79 Å². The highest BCUT2D eigenvalue weighted by molar-refractivity contribution is 5.96. The summed E-state index contributed by atoms with van der Waals surface area (Å²) in [5.41, 5.74) is 1.89. The number of alkyl halides is 3. The number of rotatable bonds is 5. The molecule has 3 nitrogen and oxygen atoms in total. The molecule has 21 heavy (non-hydrogen) atoms. The minimum Gasteiger partial charge on any atom is -0.315 e. The Morgan fingerprint density at radius 1 is 1.29 bits per heavy atom. The van der Waals surface area contributed by atoms with Crippen molar-refractivity contribution in [3.63, 3.8) is 0 Å². The third-order valence-corrected chi connectivity index (χ3v) is 3.70. The van der Waals surface area contributed by atoms with Gasteiger partial charge in [0.15, 0.2) is 0 Å². The number of halogens is 3. The van der Waals surface area contributed by atoms with Crippen LogP contribution in [0.1, 0.15) is 37.3 Å². The molecule has 0 fully saturated rings. The Kier molecular flexibility index (Phi) is 4.88. The summed E-state index contributed by atoms with van der Waals surface area (Å²) >= 11 is 0. The largest absolute Gasteiger partial charge is 0.389 e. The van der Waals surface area contributed by atoms with Crippen molar-refractivity contribution in [1.82, 2.24) is 5.32 Å². The first-order chi connectivity index (χ1) is 9.88. The standard InChI is InChI=1S/C15H19F3N2O/c1-20-13-7-3-2-6-11(13)12(10-14(20)21)19-9-5-4-8-15(16,17)18/h2-3,6-7,12,19H,4-5,8-10H2,1H3. The Labute approximate surface area is 122 Å². The molecular weight excluding hydrogens is 281 g/mol. The van der Waals surface area contributed by atoms with Crippen LogP contribution in [0, 0.1) is 0 Å². The molecule has 1 N–H and O–H groups in total. The molecule has 1 aromatic rings. The maximum Gasteiger partial charge on any atom is 0.389 e. The predicted octanol–water partition coefficient (Wildman–Crippen LogP) is 3.42. The van der Waals surface area contributed by atoms with Gasteiger partial charge in [0, 0.05) is 31.6 Å². The average Bonchev–Trinajstić information content (AvgIpc) is 2.42. The molecule has 1 aliphatic rings. The summed E-state index contributed by atoms with van der Waals surface area (Å²) in [5, 5.41) is 3.20. The number of anilines is 1. The second-order valence-electron chi connectivity index (χ2n) is 5.29. The van der Waals surface area contributed by atoms with Gasteiger partial charge < -0.3 is 10.2 Å². The fourth-order valence-corrected chi connectivity index (χ4v) is 2.55. The van der Waals surface area contributed by atoms with E-state index in [2.05, 4.69) is 5.32 Å². The van der Waals surface area contributed by atoms with E-state index in [1.807, 2.05) is 24.3 Å². The van der Waals surface area contributed by atoms with Crippen LogP contribution in [0.2, 0.25) is 0 Å². The van der Waals surface area contributed by atoms with Crippen LogP contribution < -0.4 is 10.2 Å². The van der Waals surface area contributed by atoms with Gasteiger partial charge in [-0.1, -0.05) is 18.2 Å². The zero-order valence-corrected chi connectivity index (χ0v) is 11.9. The van der Waals surface area contributed by atoms with Crippen LogP contribution in [0.4, 0.5) is 18.9 Å². The number of carbonyl (C=O) groups excluding carboxylic acids is 1. The average molecular weight is 300 g/mol. The van der Waals surface area contributed by atoms with Crippen LogP contribution in [-0.2, 0) is 4.79 Å². The molecule has 0 aromatic heterocycles. The van der Waals surface area contributed by atoms with Crippen molar-refractivity contribution in [2.24, 2.45) is 0 Å². The number of benzene rings is 1. The lowest BCUT2D eigenvalue weighted by Crippen LogP contribution is -2.38. The third kappa shape index (κ3) is 4.20. The molecule has 1 aliphatic heterocycles. The molecule has 2 rings (SSSR count). The smallest absolute Gasteiger partial charge is 0.315 e. The van der Waals surface area contributed by atoms with Crippen molar-refractivity contribution in [3.8, 4) is 0 Å². The number of nitrogens with zero attached hydrogens (tertiary/aromatic N) is 1. The van der Waals surface area contributed by atoms with Gasteiger partial charge in [-0.05, 0) is 31.0 Å². The van der Waals surface area contributed by atoms with Crippen molar-refractivity contribution in [3.05, 3.63) is 29.8 Å². The lowest BCUT2D eigenvalue weighted by molar-refractivity contribution is -0.135. The van der Waals surface area contributed by atoms with E-state index in [1.165, 1.54) is 0 Å². The SMILES string of the molecule is CN1C(=O)CC(NCCCCC(F)(F)F)c2ccccc21. The summed E-state index contributed by atoms with van der Waals surface area (Å²) in [7, 11) is 1.74. The summed E-state index contributed by atoms with van der Waals surface area (Å²) in [6.07, 6.45) is -3.94. The van der Waals surface area contributed by atoms with E-state index < -0.39 is 12.6 Å². The molecule has 116 valence electrons. The van der Waals surface area contributed by atoms with E-state index in [9.17, 15) is 18.0 Å². The van der Waals surface area contributed by atoms with Gasteiger partial charge in [-0.25, -0.2) is 0 Å². The van der Waals surface area contributed by atoms with Gasteiger partial charge in [-0.15, -0.1) is 0 Å². The van der Waals surface area contributed by atoms with Gasteiger partial charge >= 0.3 is 6.18 Å². The van der Waals surface area contributed by atoms with Crippen molar-refractivity contribution < 1.29 is 18.0 Å². The number of hydrogen-bond donors (Lipinski definition) is 1. The Morgan fingerprint density at radius 3 is 2.71 bits per heavy atom. The molecule has 1 unspecified atom stereocenters. The molecule has 0 saturated carbocycles. The molecule has 1 heterocycles. The van der Waals surface area contributed by atoms with E-state index in [4.69, 9.17) is 0 Å². The number of unbranched alkanes of at least 4 members (excludes halogenated alkanes) is 1. The summed E-state index contributed by atoms with van der Waals surface area (Å²) in [6, 6.07) is 7.49. The molecule has 0 spiro atoms. The monoisotopic (exact) mass is 300 g/mol. The van der Waals surface area contributed by atoms with Crippen LogP contribution in [0.15, 0.2) is 24.3 Å². The second-order valence-corrected chi connectivity index (χ2v) is 5.29. The first-order valence-electron chi connectivity index (χ1n) is 7.04. The minimum absolute atomic E-state index is 0.0153. The molecular formula is C15H19F3N2O. The van der Waals surface area contributed by atoms with Gasteiger partial charge in [0.2, 0.25) is 5.91 Å². The minimum atomic E-state index is -4.09. The number of nitrogens with one attached hydrogen (secondary N) is 1. The first kappa shape index (κ1) is 15.8. The molecule has 1 atom stereocenters. The van der Waals surface area contributed by atoms with Gasteiger partial charge in [-0.2, -0.15) is 13.2 Å². The Bertz CT molecular complexity index is 502. The van der Waals surface area contributed by atoms with Crippen molar-refractivity contribution in [2.45, 2.75) is 37.9 Å². The van der Waals surface area contributed by atoms with Crippen molar-refractivity contribution >= 4 is 11.6 Å². The summed E-state index contributed by atoms with van der Waals surface area (Å²) in [6.45, 7) is 0.478. The number of hydrogen-bond acceptors (Lipinski definition) is 2.